The van der Waals surface area contributed by atoms with Gasteiger partial charge in [-0.15, -0.1) is 11.3 Å². The van der Waals surface area contributed by atoms with Crippen molar-refractivity contribution >= 4 is 33.8 Å². The number of rotatable bonds is 4. The lowest BCUT2D eigenvalue weighted by molar-refractivity contribution is -0.118. The zero-order chi connectivity index (χ0) is 17.3. The molecule has 5 heteroatoms. The van der Waals surface area contributed by atoms with Gasteiger partial charge in [0.05, 0.1) is 5.56 Å². The molecule has 4 nitrogen and oxygen atoms in total. The first kappa shape index (κ1) is 16.7. The predicted octanol–water partition coefficient (Wildman–Crippen LogP) is 4.39. The molecule has 2 aromatic rings. The first-order chi connectivity index (χ1) is 11.5. The third-order valence-corrected chi connectivity index (χ3v) is 5.39. The second kappa shape index (κ2) is 6.77. The van der Waals surface area contributed by atoms with Gasteiger partial charge >= 0.3 is 0 Å². The summed E-state index contributed by atoms with van der Waals surface area (Å²) in [6.07, 6.45) is 2.96. The van der Waals surface area contributed by atoms with Crippen molar-refractivity contribution in [1.82, 2.24) is 0 Å². The Bertz CT molecular complexity index is 793. The number of hydrogen-bond acceptors (Lipinski definition) is 3. The Labute approximate surface area is 146 Å². The molecule has 1 aliphatic rings. The van der Waals surface area contributed by atoms with E-state index in [0.717, 1.165) is 36.1 Å². The van der Waals surface area contributed by atoms with Gasteiger partial charge in [0, 0.05) is 16.5 Å². The molecule has 1 heterocycles. The summed E-state index contributed by atoms with van der Waals surface area (Å²) in [5.74, 6) is -0.312. The maximum Gasteiger partial charge on any atom is 0.258 e. The van der Waals surface area contributed by atoms with Crippen molar-refractivity contribution in [3.8, 4) is 0 Å². The molecule has 126 valence electrons. The van der Waals surface area contributed by atoms with E-state index in [0.29, 0.717) is 10.6 Å². The molecule has 0 bridgehead atoms. The lowest BCUT2D eigenvalue weighted by atomic mass is 10.1. The molecule has 24 heavy (non-hydrogen) atoms. The van der Waals surface area contributed by atoms with Crippen LogP contribution in [-0.2, 0) is 17.6 Å². The van der Waals surface area contributed by atoms with Gasteiger partial charge in [-0.1, -0.05) is 26.0 Å². The number of fused-ring (bicyclic) bond motifs is 1. The summed E-state index contributed by atoms with van der Waals surface area (Å²) < 4.78 is 0. The monoisotopic (exact) mass is 342 g/mol. The maximum absolute atomic E-state index is 12.9. The minimum absolute atomic E-state index is 0.0560. The van der Waals surface area contributed by atoms with Gasteiger partial charge < -0.3 is 10.6 Å². The number of anilines is 2. The molecule has 2 N–H and O–H groups in total. The molecule has 0 atom stereocenters. The van der Waals surface area contributed by atoms with Crippen LogP contribution in [0.15, 0.2) is 24.3 Å². The second-order valence-electron chi connectivity index (χ2n) is 6.53. The number of carbonyl (C=O) groups excluding carboxylic acids is 2. The van der Waals surface area contributed by atoms with E-state index in [1.807, 2.05) is 45.0 Å². The molecule has 1 aliphatic carbocycles. The Morgan fingerprint density at radius 3 is 2.67 bits per heavy atom. The second-order valence-corrected chi connectivity index (χ2v) is 7.63. The lowest BCUT2D eigenvalue weighted by Crippen LogP contribution is -2.20. The average molecular weight is 342 g/mol. The molecule has 1 aromatic carbocycles. The third kappa shape index (κ3) is 3.36. The molecule has 2 amide bonds. The molecule has 3 rings (SSSR count). The van der Waals surface area contributed by atoms with Crippen LogP contribution in [0.25, 0.3) is 0 Å². The first-order valence-corrected chi connectivity index (χ1v) is 9.10. The predicted molar refractivity (Wildman–Crippen MR) is 98.9 cm³/mol. The van der Waals surface area contributed by atoms with E-state index < -0.39 is 0 Å². The van der Waals surface area contributed by atoms with Crippen LogP contribution in [-0.4, -0.2) is 11.8 Å². The summed E-state index contributed by atoms with van der Waals surface area (Å²) >= 11 is 1.54. The van der Waals surface area contributed by atoms with Crippen molar-refractivity contribution in [2.24, 2.45) is 5.92 Å². The van der Waals surface area contributed by atoms with Gasteiger partial charge in [-0.25, -0.2) is 0 Å². The van der Waals surface area contributed by atoms with E-state index in [1.54, 1.807) is 11.3 Å². The van der Waals surface area contributed by atoms with E-state index in [-0.39, 0.29) is 17.7 Å². The number of carbonyl (C=O) groups is 2. The zero-order valence-corrected chi connectivity index (χ0v) is 15.0. The van der Waals surface area contributed by atoms with Crippen molar-refractivity contribution in [2.75, 3.05) is 10.6 Å². The molecule has 1 aromatic heterocycles. The highest BCUT2D eigenvalue weighted by Crippen LogP contribution is 2.39. The number of thiophene rings is 1. The summed E-state index contributed by atoms with van der Waals surface area (Å²) in [4.78, 5) is 26.2. The molecule has 0 saturated heterocycles. The number of benzene rings is 1. The van der Waals surface area contributed by atoms with Crippen molar-refractivity contribution in [1.29, 1.82) is 0 Å². The summed E-state index contributed by atoms with van der Waals surface area (Å²) in [5, 5.41) is 6.59. The molecular weight excluding hydrogens is 320 g/mol. The first-order valence-electron chi connectivity index (χ1n) is 8.29. The fourth-order valence-electron chi connectivity index (χ4n) is 2.91. The van der Waals surface area contributed by atoms with Crippen molar-refractivity contribution in [2.45, 2.75) is 40.0 Å². The largest absolute Gasteiger partial charge is 0.322 e. The molecule has 0 aliphatic heterocycles. The molecule has 0 fully saturated rings. The minimum atomic E-state index is -0.140. The minimum Gasteiger partial charge on any atom is -0.322 e. The van der Waals surface area contributed by atoms with Gasteiger partial charge in [0.2, 0.25) is 5.91 Å². The highest BCUT2D eigenvalue weighted by molar-refractivity contribution is 7.17. The van der Waals surface area contributed by atoms with Crippen LogP contribution in [0.1, 0.15) is 46.6 Å². The van der Waals surface area contributed by atoms with Crippen LogP contribution < -0.4 is 10.6 Å². The van der Waals surface area contributed by atoms with E-state index in [4.69, 9.17) is 0 Å². The quantitative estimate of drug-likeness (QED) is 0.865. The Morgan fingerprint density at radius 1 is 1.17 bits per heavy atom. The van der Waals surface area contributed by atoms with Crippen molar-refractivity contribution in [3.63, 3.8) is 0 Å². The van der Waals surface area contributed by atoms with Gasteiger partial charge in [0.15, 0.2) is 0 Å². The Hall–Kier alpha value is -2.14. The molecule has 0 radical (unpaired) electrons. The maximum atomic E-state index is 12.9. The van der Waals surface area contributed by atoms with Gasteiger partial charge in [0.25, 0.3) is 5.91 Å². The van der Waals surface area contributed by atoms with E-state index in [2.05, 4.69) is 10.6 Å². The lowest BCUT2D eigenvalue weighted by Gasteiger charge is -2.11. The van der Waals surface area contributed by atoms with E-state index in [9.17, 15) is 9.59 Å². The van der Waals surface area contributed by atoms with Crippen LogP contribution >= 0.6 is 11.3 Å². The number of nitrogens with one attached hydrogen (secondary N) is 2. The number of hydrogen-bond donors (Lipinski definition) is 2. The third-order valence-electron chi connectivity index (χ3n) is 4.19. The summed E-state index contributed by atoms with van der Waals surface area (Å²) in [7, 11) is 0. The van der Waals surface area contributed by atoms with Crippen LogP contribution in [0.5, 0.6) is 0 Å². The van der Waals surface area contributed by atoms with Gasteiger partial charge in [-0.2, -0.15) is 0 Å². The topological polar surface area (TPSA) is 58.2 Å². The standard InChI is InChI=1S/C19H22N2O2S/c1-11(2)17(22)21-19-16(14-8-5-9-15(14)24-19)18(23)20-13-7-4-6-12(3)10-13/h4,6-7,10-11H,5,8-9H2,1-3H3,(H,20,23)(H,21,22). The normalized spacial score (nSPS) is 13.0. The highest BCUT2D eigenvalue weighted by atomic mass is 32.1. The molecule has 0 unspecified atom stereocenters. The van der Waals surface area contributed by atoms with E-state index >= 15 is 0 Å². The molecular formula is C19H22N2O2S. The molecule has 0 saturated carbocycles. The van der Waals surface area contributed by atoms with Crippen molar-refractivity contribution in [3.05, 3.63) is 45.8 Å². The smallest absolute Gasteiger partial charge is 0.258 e. The van der Waals surface area contributed by atoms with Gasteiger partial charge in [0.1, 0.15) is 5.00 Å². The van der Waals surface area contributed by atoms with Crippen LogP contribution in [0.2, 0.25) is 0 Å². The van der Waals surface area contributed by atoms with Crippen LogP contribution in [0, 0.1) is 12.8 Å². The highest BCUT2D eigenvalue weighted by Gasteiger charge is 2.27. The summed E-state index contributed by atoms with van der Waals surface area (Å²) in [5.41, 5.74) is 3.61. The summed E-state index contributed by atoms with van der Waals surface area (Å²) in [6.45, 7) is 5.69. The van der Waals surface area contributed by atoms with Gasteiger partial charge in [-0.05, 0) is 49.4 Å². The SMILES string of the molecule is Cc1cccc(NC(=O)c2c(NC(=O)C(C)C)sc3c2CCC3)c1. The number of amides is 2. The van der Waals surface area contributed by atoms with Crippen LogP contribution in [0.3, 0.4) is 0 Å². The Balaban J connectivity index is 1.90. The molecule has 0 spiro atoms. The summed E-state index contributed by atoms with van der Waals surface area (Å²) in [6, 6.07) is 7.73. The van der Waals surface area contributed by atoms with Gasteiger partial charge in [-0.3, -0.25) is 9.59 Å². The van der Waals surface area contributed by atoms with E-state index in [1.165, 1.54) is 4.88 Å². The fraction of sp³-hybridized carbons (Fsp3) is 0.368. The van der Waals surface area contributed by atoms with Crippen molar-refractivity contribution < 1.29 is 9.59 Å². The fourth-order valence-corrected chi connectivity index (χ4v) is 4.19. The number of aryl methyl sites for hydroxylation is 2. The Kier molecular flexibility index (Phi) is 4.71. The Morgan fingerprint density at radius 2 is 1.96 bits per heavy atom. The average Bonchev–Trinajstić information content (AvgIpc) is 3.07. The zero-order valence-electron chi connectivity index (χ0n) is 14.2. The van der Waals surface area contributed by atoms with Crippen LogP contribution in [0.4, 0.5) is 10.7 Å².